The average molecular weight is 278 g/mol. The van der Waals surface area contributed by atoms with E-state index in [2.05, 4.69) is 4.98 Å². The smallest absolute Gasteiger partial charge is 0.231 e. The predicted molar refractivity (Wildman–Crippen MR) is 71.8 cm³/mol. The number of hydrogen-bond donors (Lipinski definition) is 1. The van der Waals surface area contributed by atoms with Crippen molar-refractivity contribution >= 4 is 11.3 Å². The van der Waals surface area contributed by atoms with Gasteiger partial charge in [-0.2, -0.15) is 0 Å². The Morgan fingerprint density at radius 3 is 2.89 bits per heavy atom. The zero-order valence-electron chi connectivity index (χ0n) is 10.3. The first-order valence-corrected chi connectivity index (χ1v) is 6.93. The molecule has 0 unspecified atom stereocenters. The van der Waals surface area contributed by atoms with Crippen LogP contribution in [0.1, 0.15) is 11.3 Å². The molecular formula is C13H14N2O3S. The van der Waals surface area contributed by atoms with Gasteiger partial charge in [0, 0.05) is 11.4 Å². The molecule has 0 aliphatic carbocycles. The van der Waals surface area contributed by atoms with Crippen molar-refractivity contribution in [1.29, 1.82) is 0 Å². The minimum Gasteiger partial charge on any atom is -0.487 e. The molecule has 5 nitrogen and oxygen atoms in total. The summed E-state index contributed by atoms with van der Waals surface area (Å²) in [5.74, 6) is 2.25. The number of fused-ring (bicyclic) bond motifs is 1. The number of hydrogen-bond acceptors (Lipinski definition) is 6. The van der Waals surface area contributed by atoms with E-state index in [1.54, 1.807) is 16.8 Å². The highest BCUT2D eigenvalue weighted by molar-refractivity contribution is 7.07. The zero-order chi connectivity index (χ0) is 13.1. The van der Waals surface area contributed by atoms with Gasteiger partial charge < -0.3 is 19.9 Å². The highest BCUT2D eigenvalue weighted by Crippen LogP contribution is 2.38. The Hall–Kier alpha value is -1.79. The van der Waals surface area contributed by atoms with Crippen LogP contribution in [0.5, 0.6) is 17.2 Å². The maximum Gasteiger partial charge on any atom is 0.231 e. The first-order valence-electron chi connectivity index (χ1n) is 5.99. The molecule has 19 heavy (non-hydrogen) atoms. The molecule has 0 radical (unpaired) electrons. The lowest BCUT2D eigenvalue weighted by molar-refractivity contribution is 0.173. The Labute approximate surface area is 114 Å². The van der Waals surface area contributed by atoms with E-state index in [1.807, 2.05) is 17.5 Å². The van der Waals surface area contributed by atoms with Crippen molar-refractivity contribution in [1.82, 2.24) is 4.98 Å². The molecule has 100 valence electrons. The Morgan fingerprint density at radius 2 is 2.16 bits per heavy atom. The van der Waals surface area contributed by atoms with Gasteiger partial charge in [-0.1, -0.05) is 0 Å². The van der Waals surface area contributed by atoms with Crippen LogP contribution in [0.25, 0.3) is 0 Å². The summed E-state index contributed by atoms with van der Waals surface area (Å²) in [6, 6.07) is 3.80. The monoisotopic (exact) mass is 278 g/mol. The zero-order valence-corrected chi connectivity index (χ0v) is 11.1. The van der Waals surface area contributed by atoms with Crippen LogP contribution in [0.4, 0.5) is 0 Å². The molecular weight excluding hydrogens is 264 g/mol. The lowest BCUT2D eigenvalue weighted by atomic mass is 10.1. The van der Waals surface area contributed by atoms with E-state index in [-0.39, 0.29) is 6.79 Å². The third-order valence-electron chi connectivity index (χ3n) is 2.83. The average Bonchev–Trinajstić information content (AvgIpc) is 3.07. The van der Waals surface area contributed by atoms with Crippen molar-refractivity contribution < 1.29 is 14.2 Å². The summed E-state index contributed by atoms with van der Waals surface area (Å²) < 4.78 is 16.5. The van der Waals surface area contributed by atoms with Crippen molar-refractivity contribution in [2.45, 2.75) is 13.0 Å². The molecule has 6 heteroatoms. The quantitative estimate of drug-likeness (QED) is 0.905. The molecule has 2 N–H and O–H groups in total. The minimum absolute atomic E-state index is 0.257. The highest BCUT2D eigenvalue weighted by atomic mass is 32.1. The molecule has 0 spiro atoms. The molecule has 0 saturated heterocycles. The van der Waals surface area contributed by atoms with Gasteiger partial charge in [-0.25, -0.2) is 4.98 Å². The molecule has 2 aromatic rings. The van der Waals surface area contributed by atoms with Gasteiger partial charge in [0.15, 0.2) is 11.5 Å². The summed E-state index contributed by atoms with van der Waals surface area (Å²) in [4.78, 5) is 4.19. The van der Waals surface area contributed by atoms with E-state index in [0.717, 1.165) is 29.2 Å². The summed E-state index contributed by atoms with van der Waals surface area (Å²) in [5.41, 5.74) is 9.37. The van der Waals surface area contributed by atoms with Crippen molar-refractivity contribution in [3.8, 4) is 17.2 Å². The minimum atomic E-state index is 0.257. The summed E-state index contributed by atoms with van der Waals surface area (Å²) in [6.07, 6.45) is 0.739. The fraction of sp³-hybridized carbons (Fsp3) is 0.308. The van der Waals surface area contributed by atoms with Crippen LogP contribution >= 0.6 is 11.3 Å². The van der Waals surface area contributed by atoms with Crippen LogP contribution in [0.2, 0.25) is 0 Å². The van der Waals surface area contributed by atoms with Crippen LogP contribution in [0, 0.1) is 0 Å². The van der Waals surface area contributed by atoms with Gasteiger partial charge in [-0.15, -0.1) is 11.3 Å². The number of nitrogens with zero attached hydrogens (tertiary/aromatic N) is 1. The molecule has 1 aromatic heterocycles. The lowest BCUT2D eigenvalue weighted by Gasteiger charge is -2.11. The Bertz CT molecular complexity index is 557. The molecule has 0 amide bonds. The Morgan fingerprint density at radius 1 is 1.32 bits per heavy atom. The largest absolute Gasteiger partial charge is 0.487 e. The molecule has 1 aliphatic heterocycles. The van der Waals surface area contributed by atoms with E-state index >= 15 is 0 Å². The van der Waals surface area contributed by atoms with Gasteiger partial charge in [0.25, 0.3) is 0 Å². The molecule has 3 rings (SSSR count). The predicted octanol–water partition coefficient (Wildman–Crippen LogP) is 1.95. The van der Waals surface area contributed by atoms with E-state index in [0.29, 0.717) is 18.9 Å². The van der Waals surface area contributed by atoms with Gasteiger partial charge in [-0.05, 0) is 24.6 Å². The van der Waals surface area contributed by atoms with Gasteiger partial charge in [-0.3, -0.25) is 0 Å². The second-order valence-electron chi connectivity index (χ2n) is 4.12. The highest BCUT2D eigenvalue weighted by Gasteiger charge is 2.18. The van der Waals surface area contributed by atoms with Crippen molar-refractivity contribution in [2.75, 3.05) is 13.3 Å². The van der Waals surface area contributed by atoms with Gasteiger partial charge in [0.1, 0.15) is 12.4 Å². The van der Waals surface area contributed by atoms with Crippen LogP contribution < -0.4 is 19.9 Å². The molecule has 2 heterocycles. The second kappa shape index (κ2) is 5.46. The summed E-state index contributed by atoms with van der Waals surface area (Å²) in [5, 5.41) is 1.97. The third kappa shape index (κ3) is 2.64. The number of benzene rings is 1. The SMILES string of the molecule is NCCc1cc2c(cc1OCc1cscn1)OCO2. The molecule has 0 saturated carbocycles. The fourth-order valence-corrected chi connectivity index (χ4v) is 2.45. The molecule has 0 bridgehead atoms. The second-order valence-corrected chi connectivity index (χ2v) is 4.84. The van der Waals surface area contributed by atoms with Crippen molar-refractivity contribution in [3.63, 3.8) is 0 Å². The van der Waals surface area contributed by atoms with Crippen molar-refractivity contribution in [2.24, 2.45) is 5.73 Å². The van der Waals surface area contributed by atoms with Crippen LogP contribution in [0.3, 0.4) is 0 Å². The maximum atomic E-state index is 5.81. The normalized spacial score (nSPS) is 12.7. The topological polar surface area (TPSA) is 66.6 Å². The summed E-state index contributed by atoms with van der Waals surface area (Å²) >= 11 is 1.55. The lowest BCUT2D eigenvalue weighted by Crippen LogP contribution is -2.05. The number of aromatic nitrogens is 1. The van der Waals surface area contributed by atoms with Crippen molar-refractivity contribution in [3.05, 3.63) is 34.3 Å². The number of rotatable bonds is 5. The van der Waals surface area contributed by atoms with Gasteiger partial charge >= 0.3 is 0 Å². The fourth-order valence-electron chi connectivity index (χ4n) is 1.91. The third-order valence-corrected chi connectivity index (χ3v) is 3.46. The first-order chi connectivity index (χ1) is 9.36. The summed E-state index contributed by atoms with van der Waals surface area (Å²) in [7, 11) is 0. The molecule has 0 fully saturated rings. The first kappa shape index (κ1) is 12.3. The van der Waals surface area contributed by atoms with E-state index < -0.39 is 0 Å². The number of ether oxygens (including phenoxy) is 3. The number of thiazole rings is 1. The van der Waals surface area contributed by atoms with Crippen LogP contribution in [-0.4, -0.2) is 18.3 Å². The Kier molecular flexibility index (Phi) is 3.52. The van der Waals surface area contributed by atoms with E-state index in [4.69, 9.17) is 19.9 Å². The van der Waals surface area contributed by atoms with Gasteiger partial charge in [0.05, 0.1) is 11.2 Å². The van der Waals surface area contributed by atoms with Crippen LogP contribution in [-0.2, 0) is 13.0 Å². The van der Waals surface area contributed by atoms with Gasteiger partial charge in [0.2, 0.25) is 6.79 Å². The summed E-state index contributed by atoms with van der Waals surface area (Å²) in [6.45, 7) is 1.26. The van der Waals surface area contributed by atoms with E-state index in [1.165, 1.54) is 0 Å². The standard InChI is InChI=1S/C13H14N2O3S/c14-2-1-9-3-12-13(18-8-17-12)4-11(9)16-5-10-6-19-7-15-10/h3-4,6-7H,1-2,5,8,14H2. The Balaban J connectivity index is 1.82. The van der Waals surface area contributed by atoms with E-state index in [9.17, 15) is 0 Å². The molecule has 1 aliphatic rings. The van der Waals surface area contributed by atoms with Crippen LogP contribution in [0.15, 0.2) is 23.0 Å². The number of nitrogens with two attached hydrogens (primary N) is 1. The molecule has 1 aromatic carbocycles. The maximum absolute atomic E-state index is 5.81. The molecule has 0 atom stereocenters.